The van der Waals surface area contributed by atoms with E-state index in [1.165, 1.54) is 11.3 Å². The van der Waals surface area contributed by atoms with E-state index < -0.39 is 0 Å². The molecule has 1 aliphatic carbocycles. The van der Waals surface area contributed by atoms with Crippen molar-refractivity contribution < 1.29 is 9.59 Å². The molecule has 0 radical (unpaired) electrons. The van der Waals surface area contributed by atoms with Crippen LogP contribution in [0.3, 0.4) is 0 Å². The van der Waals surface area contributed by atoms with Gasteiger partial charge in [0.25, 0.3) is 5.91 Å². The van der Waals surface area contributed by atoms with E-state index >= 15 is 0 Å². The van der Waals surface area contributed by atoms with Crippen LogP contribution in [0.1, 0.15) is 35.4 Å². The summed E-state index contributed by atoms with van der Waals surface area (Å²) in [6.07, 6.45) is 3.75. The van der Waals surface area contributed by atoms with Crippen molar-refractivity contribution in [2.75, 3.05) is 6.54 Å². The lowest BCUT2D eigenvalue weighted by molar-refractivity contribution is -0.121. The van der Waals surface area contributed by atoms with E-state index in [1.54, 1.807) is 6.07 Å². The predicted molar refractivity (Wildman–Crippen MR) is 82.3 cm³/mol. The number of halogens is 1. The van der Waals surface area contributed by atoms with Gasteiger partial charge in [-0.3, -0.25) is 9.59 Å². The Morgan fingerprint density at radius 1 is 1.30 bits per heavy atom. The first kappa shape index (κ1) is 16.9. The fourth-order valence-corrected chi connectivity index (χ4v) is 2.84. The molecule has 0 saturated heterocycles. The van der Waals surface area contributed by atoms with Gasteiger partial charge in [0, 0.05) is 12.1 Å². The average molecular weight is 318 g/mol. The zero-order valence-electron chi connectivity index (χ0n) is 11.1. The first-order chi connectivity index (χ1) is 9.15. The molecule has 0 aliphatic heterocycles. The molecule has 7 heteroatoms. The number of carbonyl (C=O) groups excluding carboxylic acids is 2. The fraction of sp³-hybridized carbons (Fsp3) is 0.538. The van der Waals surface area contributed by atoms with E-state index in [1.807, 2.05) is 11.4 Å². The lowest BCUT2D eigenvalue weighted by Gasteiger charge is -2.26. The zero-order chi connectivity index (χ0) is 13.7. The minimum atomic E-state index is -0.198. The summed E-state index contributed by atoms with van der Waals surface area (Å²) in [6, 6.07) is 4.02. The lowest BCUT2D eigenvalue weighted by atomic mass is 9.92. The molecule has 1 aromatic rings. The zero-order valence-corrected chi connectivity index (χ0v) is 12.8. The van der Waals surface area contributed by atoms with Crippen LogP contribution in [0.5, 0.6) is 0 Å². The van der Waals surface area contributed by atoms with E-state index in [2.05, 4.69) is 10.6 Å². The molecule has 1 saturated carbocycles. The fourth-order valence-electron chi connectivity index (χ4n) is 2.20. The molecular formula is C13H20ClN3O2S. The van der Waals surface area contributed by atoms with Crippen LogP contribution >= 0.6 is 23.7 Å². The molecule has 20 heavy (non-hydrogen) atoms. The number of nitrogens with two attached hydrogens (primary N) is 1. The van der Waals surface area contributed by atoms with Gasteiger partial charge in [-0.25, -0.2) is 0 Å². The Balaban J connectivity index is 0.00000200. The predicted octanol–water partition coefficient (Wildman–Crippen LogP) is 1.29. The minimum absolute atomic E-state index is 0. The number of hydrogen-bond acceptors (Lipinski definition) is 4. The standard InChI is InChI=1S/C13H19N3O2S.ClH/c14-9-3-5-10(6-4-9)16-12(17)8-15-13(18)11-2-1-7-19-11;/h1-2,7,9-10H,3-6,8,14H2,(H,15,18)(H,16,17);1H. The van der Waals surface area contributed by atoms with Crippen LogP contribution in [0.15, 0.2) is 17.5 Å². The van der Waals surface area contributed by atoms with Gasteiger partial charge in [0.15, 0.2) is 0 Å². The summed E-state index contributed by atoms with van der Waals surface area (Å²) < 4.78 is 0. The SMILES string of the molecule is Cl.NC1CCC(NC(=O)CNC(=O)c2cccs2)CC1. The quantitative estimate of drug-likeness (QED) is 0.782. The molecule has 112 valence electrons. The van der Waals surface area contributed by atoms with Crippen molar-refractivity contribution in [1.82, 2.24) is 10.6 Å². The highest BCUT2D eigenvalue weighted by molar-refractivity contribution is 7.12. The summed E-state index contributed by atoms with van der Waals surface area (Å²) in [4.78, 5) is 24.0. The second-order valence-corrected chi connectivity index (χ2v) is 5.79. The molecule has 0 spiro atoms. The molecule has 1 aliphatic rings. The normalized spacial score (nSPS) is 21.6. The maximum atomic E-state index is 11.7. The van der Waals surface area contributed by atoms with Gasteiger partial charge in [0.2, 0.25) is 5.91 Å². The first-order valence-corrected chi connectivity index (χ1v) is 7.40. The van der Waals surface area contributed by atoms with Crippen molar-refractivity contribution in [2.45, 2.75) is 37.8 Å². The van der Waals surface area contributed by atoms with Crippen molar-refractivity contribution in [1.29, 1.82) is 0 Å². The monoisotopic (exact) mass is 317 g/mol. The Labute approximate surface area is 128 Å². The van der Waals surface area contributed by atoms with Gasteiger partial charge < -0.3 is 16.4 Å². The number of thiophene rings is 1. The van der Waals surface area contributed by atoms with E-state index in [4.69, 9.17) is 5.73 Å². The molecule has 1 heterocycles. The van der Waals surface area contributed by atoms with Gasteiger partial charge in [-0.15, -0.1) is 23.7 Å². The molecule has 5 nitrogen and oxygen atoms in total. The molecule has 4 N–H and O–H groups in total. The summed E-state index contributed by atoms with van der Waals surface area (Å²) in [6.45, 7) is 0.0271. The number of nitrogens with one attached hydrogen (secondary N) is 2. The van der Waals surface area contributed by atoms with Crippen LogP contribution in [0, 0.1) is 0 Å². The summed E-state index contributed by atoms with van der Waals surface area (Å²) >= 11 is 1.36. The number of rotatable bonds is 4. The molecule has 0 unspecified atom stereocenters. The van der Waals surface area contributed by atoms with E-state index in [0.717, 1.165) is 25.7 Å². The van der Waals surface area contributed by atoms with Gasteiger partial charge in [-0.2, -0.15) is 0 Å². The van der Waals surface area contributed by atoms with Gasteiger partial charge in [-0.1, -0.05) is 6.07 Å². The number of hydrogen-bond donors (Lipinski definition) is 3. The average Bonchev–Trinajstić information content (AvgIpc) is 2.93. The van der Waals surface area contributed by atoms with Crippen LogP contribution in [0.2, 0.25) is 0 Å². The highest BCUT2D eigenvalue weighted by Gasteiger charge is 2.20. The van der Waals surface area contributed by atoms with Crippen LogP contribution in [0.4, 0.5) is 0 Å². The summed E-state index contributed by atoms with van der Waals surface area (Å²) in [5.74, 6) is -0.332. The molecule has 0 bridgehead atoms. The molecule has 0 atom stereocenters. The van der Waals surface area contributed by atoms with E-state index in [9.17, 15) is 9.59 Å². The summed E-state index contributed by atoms with van der Waals surface area (Å²) in [7, 11) is 0. The Morgan fingerprint density at radius 3 is 2.60 bits per heavy atom. The minimum Gasteiger partial charge on any atom is -0.352 e. The third-order valence-electron chi connectivity index (χ3n) is 3.29. The smallest absolute Gasteiger partial charge is 0.261 e. The van der Waals surface area contributed by atoms with Gasteiger partial charge in [0.05, 0.1) is 11.4 Å². The summed E-state index contributed by atoms with van der Waals surface area (Å²) in [5, 5.41) is 7.39. The van der Waals surface area contributed by atoms with Crippen molar-refractivity contribution in [2.24, 2.45) is 5.73 Å². The number of amides is 2. The molecule has 1 aromatic heterocycles. The second-order valence-electron chi connectivity index (χ2n) is 4.84. The highest BCUT2D eigenvalue weighted by atomic mass is 35.5. The van der Waals surface area contributed by atoms with Crippen LogP contribution in [0.25, 0.3) is 0 Å². The Kier molecular flexibility index (Phi) is 6.98. The molecule has 2 amide bonds. The maximum absolute atomic E-state index is 11.7. The lowest BCUT2D eigenvalue weighted by Crippen LogP contribution is -2.44. The third kappa shape index (κ3) is 5.11. The van der Waals surface area contributed by atoms with E-state index in [-0.39, 0.29) is 42.8 Å². The highest BCUT2D eigenvalue weighted by Crippen LogP contribution is 2.16. The van der Waals surface area contributed by atoms with Gasteiger partial charge >= 0.3 is 0 Å². The van der Waals surface area contributed by atoms with Crippen molar-refractivity contribution in [3.63, 3.8) is 0 Å². The molecule has 1 fully saturated rings. The number of carbonyl (C=O) groups is 2. The van der Waals surface area contributed by atoms with Crippen molar-refractivity contribution >= 4 is 35.6 Å². The van der Waals surface area contributed by atoms with Crippen molar-refractivity contribution in [3.05, 3.63) is 22.4 Å². The summed E-state index contributed by atoms with van der Waals surface area (Å²) in [5.41, 5.74) is 5.81. The third-order valence-corrected chi connectivity index (χ3v) is 4.16. The molecule has 0 aromatic carbocycles. The molecular weight excluding hydrogens is 298 g/mol. The van der Waals surface area contributed by atoms with Crippen LogP contribution < -0.4 is 16.4 Å². The Morgan fingerprint density at radius 2 is 2.00 bits per heavy atom. The maximum Gasteiger partial charge on any atom is 0.261 e. The Bertz CT molecular complexity index is 431. The van der Waals surface area contributed by atoms with Gasteiger partial charge in [0.1, 0.15) is 0 Å². The van der Waals surface area contributed by atoms with Crippen LogP contribution in [-0.4, -0.2) is 30.4 Å². The largest absolute Gasteiger partial charge is 0.352 e. The first-order valence-electron chi connectivity index (χ1n) is 6.52. The van der Waals surface area contributed by atoms with Gasteiger partial charge in [-0.05, 0) is 37.1 Å². The van der Waals surface area contributed by atoms with Crippen LogP contribution in [-0.2, 0) is 4.79 Å². The molecule has 2 rings (SSSR count). The van der Waals surface area contributed by atoms with Crippen molar-refractivity contribution in [3.8, 4) is 0 Å². The topological polar surface area (TPSA) is 84.2 Å². The Hall–Kier alpha value is -1.11. The van der Waals surface area contributed by atoms with E-state index in [0.29, 0.717) is 4.88 Å². The second kappa shape index (κ2) is 8.24.